The highest BCUT2D eigenvalue weighted by Crippen LogP contribution is 2.41. The number of aromatic nitrogens is 3. The molecule has 1 saturated heterocycles. The van der Waals surface area contributed by atoms with E-state index >= 15 is 0 Å². The van der Waals surface area contributed by atoms with Crippen molar-refractivity contribution in [3.8, 4) is 5.69 Å². The molecule has 0 spiro atoms. The second-order valence-electron chi connectivity index (χ2n) is 5.49. The fourth-order valence-corrected chi connectivity index (χ4v) is 4.13. The fourth-order valence-electron chi connectivity index (χ4n) is 2.88. The van der Waals surface area contributed by atoms with E-state index in [9.17, 15) is 0 Å². The Hall–Kier alpha value is -1.81. The minimum absolute atomic E-state index is 0.487. The van der Waals surface area contributed by atoms with Crippen LogP contribution < -0.4 is 0 Å². The first-order valence-corrected chi connectivity index (χ1v) is 8.40. The van der Waals surface area contributed by atoms with Gasteiger partial charge in [0.25, 0.3) is 0 Å². The second kappa shape index (κ2) is 5.19. The van der Waals surface area contributed by atoms with Gasteiger partial charge in [0.05, 0.1) is 5.25 Å². The van der Waals surface area contributed by atoms with Gasteiger partial charge in [-0.3, -0.25) is 4.57 Å². The summed E-state index contributed by atoms with van der Waals surface area (Å²) in [7, 11) is 0. The average Bonchev–Trinajstić information content (AvgIpc) is 3.15. The van der Waals surface area contributed by atoms with Gasteiger partial charge in [-0.05, 0) is 49.8 Å². The molecule has 1 unspecified atom stereocenters. The number of fused-ring (bicyclic) bond motifs is 1. The van der Waals surface area contributed by atoms with Crippen LogP contribution in [0, 0.1) is 6.92 Å². The molecule has 1 aliphatic rings. The smallest absolute Gasteiger partial charge is 0.164 e. The Morgan fingerprint density at radius 1 is 1.19 bits per heavy atom. The third-order valence-electron chi connectivity index (χ3n) is 3.95. The van der Waals surface area contributed by atoms with Crippen molar-refractivity contribution in [2.24, 2.45) is 0 Å². The summed E-state index contributed by atoms with van der Waals surface area (Å²) in [5, 5.41) is 0.487. The van der Waals surface area contributed by atoms with Gasteiger partial charge in [0.1, 0.15) is 11.3 Å². The fraction of sp³-hybridized carbons (Fsp3) is 0.294. The van der Waals surface area contributed by atoms with E-state index in [0.717, 1.165) is 22.7 Å². The quantitative estimate of drug-likeness (QED) is 0.706. The van der Waals surface area contributed by atoms with Gasteiger partial charge in [-0.15, -0.1) is 0 Å². The van der Waals surface area contributed by atoms with Crippen LogP contribution in [0.3, 0.4) is 0 Å². The second-order valence-corrected chi connectivity index (χ2v) is 6.80. The molecule has 1 aromatic carbocycles. The van der Waals surface area contributed by atoms with Crippen molar-refractivity contribution in [1.29, 1.82) is 0 Å². The Morgan fingerprint density at radius 3 is 2.81 bits per heavy atom. The first-order valence-electron chi connectivity index (χ1n) is 7.35. The minimum Gasteiger partial charge on any atom is -0.280 e. The zero-order valence-corrected chi connectivity index (χ0v) is 12.8. The van der Waals surface area contributed by atoms with Crippen LogP contribution in [-0.2, 0) is 0 Å². The first-order chi connectivity index (χ1) is 10.3. The number of imidazole rings is 1. The average molecular weight is 295 g/mol. The van der Waals surface area contributed by atoms with Crippen LogP contribution in [0.15, 0.2) is 42.6 Å². The zero-order chi connectivity index (χ0) is 14.2. The highest BCUT2D eigenvalue weighted by molar-refractivity contribution is 7.99. The lowest BCUT2D eigenvalue weighted by molar-refractivity contribution is 0.765. The molecule has 21 heavy (non-hydrogen) atoms. The van der Waals surface area contributed by atoms with Crippen molar-refractivity contribution in [2.75, 3.05) is 5.75 Å². The van der Waals surface area contributed by atoms with Crippen molar-refractivity contribution in [3.05, 3.63) is 54.0 Å². The Morgan fingerprint density at radius 2 is 2.05 bits per heavy atom. The third kappa shape index (κ3) is 2.23. The van der Waals surface area contributed by atoms with Crippen LogP contribution in [0.5, 0.6) is 0 Å². The van der Waals surface area contributed by atoms with E-state index < -0.39 is 0 Å². The molecule has 4 rings (SSSR count). The standard InChI is InChI=1S/C17H17N3S/c1-12-6-8-13(9-7-12)20-16-14(4-2-10-18-16)19-17(20)15-5-3-11-21-15/h2,4,6-10,15H,3,5,11H2,1H3. The summed E-state index contributed by atoms with van der Waals surface area (Å²) in [6, 6.07) is 12.6. The molecule has 1 fully saturated rings. The lowest BCUT2D eigenvalue weighted by Gasteiger charge is -2.13. The number of benzene rings is 1. The van der Waals surface area contributed by atoms with Crippen molar-refractivity contribution in [3.63, 3.8) is 0 Å². The molecule has 4 heteroatoms. The Labute approximate surface area is 128 Å². The van der Waals surface area contributed by atoms with Gasteiger partial charge in [-0.1, -0.05) is 17.7 Å². The number of nitrogens with zero attached hydrogens (tertiary/aromatic N) is 3. The molecule has 3 heterocycles. The molecular weight excluding hydrogens is 278 g/mol. The normalized spacial score (nSPS) is 18.4. The Kier molecular flexibility index (Phi) is 3.19. The molecule has 0 saturated carbocycles. The maximum atomic E-state index is 4.87. The number of aryl methyl sites for hydroxylation is 1. The van der Waals surface area contributed by atoms with Gasteiger partial charge in [-0.2, -0.15) is 11.8 Å². The molecule has 0 aliphatic carbocycles. The maximum Gasteiger partial charge on any atom is 0.164 e. The van der Waals surface area contributed by atoms with Crippen molar-refractivity contribution < 1.29 is 0 Å². The number of hydrogen-bond donors (Lipinski definition) is 0. The molecule has 3 nitrogen and oxygen atoms in total. The molecule has 2 aromatic heterocycles. The summed E-state index contributed by atoms with van der Waals surface area (Å²) in [5.41, 5.74) is 4.38. The van der Waals surface area contributed by atoms with Crippen LogP contribution in [0.1, 0.15) is 29.5 Å². The molecule has 3 aromatic rings. The summed E-state index contributed by atoms with van der Waals surface area (Å²) in [6.45, 7) is 2.11. The number of pyridine rings is 1. The van der Waals surface area contributed by atoms with Crippen LogP contribution in [0.25, 0.3) is 16.9 Å². The molecule has 0 amide bonds. The number of hydrogen-bond acceptors (Lipinski definition) is 3. The lowest BCUT2D eigenvalue weighted by atomic mass is 10.2. The van der Waals surface area contributed by atoms with Crippen LogP contribution >= 0.6 is 11.8 Å². The van der Waals surface area contributed by atoms with Gasteiger partial charge in [0.15, 0.2) is 5.65 Å². The van der Waals surface area contributed by atoms with E-state index in [0.29, 0.717) is 5.25 Å². The molecule has 0 N–H and O–H groups in total. The van der Waals surface area contributed by atoms with Gasteiger partial charge < -0.3 is 0 Å². The highest BCUT2D eigenvalue weighted by atomic mass is 32.2. The van der Waals surface area contributed by atoms with Crippen molar-refractivity contribution >= 4 is 22.9 Å². The molecular formula is C17H17N3S. The lowest BCUT2D eigenvalue weighted by Crippen LogP contribution is -2.04. The predicted octanol–water partition coefficient (Wildman–Crippen LogP) is 4.30. The number of thioether (sulfide) groups is 1. The SMILES string of the molecule is Cc1ccc(-n2c(C3CCCS3)nc3cccnc32)cc1. The van der Waals surface area contributed by atoms with Crippen molar-refractivity contribution in [1.82, 2.24) is 14.5 Å². The summed E-state index contributed by atoms with van der Waals surface area (Å²) >= 11 is 2.01. The molecule has 106 valence electrons. The van der Waals surface area contributed by atoms with E-state index in [1.165, 1.54) is 24.2 Å². The maximum absolute atomic E-state index is 4.87. The van der Waals surface area contributed by atoms with E-state index in [4.69, 9.17) is 4.98 Å². The molecule has 0 radical (unpaired) electrons. The first kappa shape index (κ1) is 12.9. The topological polar surface area (TPSA) is 30.7 Å². The van der Waals surface area contributed by atoms with Gasteiger partial charge in [0, 0.05) is 11.9 Å². The zero-order valence-electron chi connectivity index (χ0n) is 12.0. The highest BCUT2D eigenvalue weighted by Gasteiger charge is 2.25. The Bertz CT molecular complexity index is 770. The number of rotatable bonds is 2. The summed E-state index contributed by atoms with van der Waals surface area (Å²) < 4.78 is 2.23. The predicted molar refractivity (Wildman–Crippen MR) is 88.0 cm³/mol. The van der Waals surface area contributed by atoms with E-state index in [1.807, 2.05) is 24.0 Å². The van der Waals surface area contributed by atoms with Gasteiger partial charge in [0.2, 0.25) is 0 Å². The molecule has 0 bridgehead atoms. The monoisotopic (exact) mass is 295 g/mol. The third-order valence-corrected chi connectivity index (χ3v) is 5.33. The van der Waals surface area contributed by atoms with Crippen LogP contribution in [0.2, 0.25) is 0 Å². The summed E-state index contributed by atoms with van der Waals surface area (Å²) in [5.74, 6) is 2.38. The van der Waals surface area contributed by atoms with Crippen LogP contribution in [0.4, 0.5) is 0 Å². The minimum atomic E-state index is 0.487. The van der Waals surface area contributed by atoms with E-state index in [1.54, 1.807) is 0 Å². The summed E-state index contributed by atoms with van der Waals surface area (Å²) in [6.07, 6.45) is 4.33. The van der Waals surface area contributed by atoms with E-state index in [2.05, 4.69) is 46.8 Å². The van der Waals surface area contributed by atoms with Gasteiger partial charge >= 0.3 is 0 Å². The van der Waals surface area contributed by atoms with Gasteiger partial charge in [-0.25, -0.2) is 9.97 Å². The Balaban J connectivity index is 1.95. The molecule has 1 aliphatic heterocycles. The van der Waals surface area contributed by atoms with E-state index in [-0.39, 0.29) is 0 Å². The largest absolute Gasteiger partial charge is 0.280 e. The van der Waals surface area contributed by atoms with Crippen LogP contribution in [-0.4, -0.2) is 20.3 Å². The van der Waals surface area contributed by atoms with Crippen molar-refractivity contribution in [2.45, 2.75) is 25.0 Å². The molecule has 1 atom stereocenters. The summed E-state index contributed by atoms with van der Waals surface area (Å²) in [4.78, 5) is 9.44.